The minimum atomic E-state index is -0.195. The molecule has 12 heavy (non-hydrogen) atoms. The molecule has 0 bridgehead atoms. The molecule has 0 spiro atoms. The summed E-state index contributed by atoms with van der Waals surface area (Å²) in [6.07, 6.45) is 0.878. The normalized spacial score (nSPS) is 17.2. The molecule has 68 valence electrons. The maximum Gasteiger partial charge on any atom is 0.336 e. The first-order chi connectivity index (χ1) is 5.63. The Morgan fingerprint density at radius 1 is 1.67 bits per heavy atom. The van der Waals surface area contributed by atoms with Crippen LogP contribution in [-0.2, 0) is 4.79 Å². The van der Waals surface area contributed by atoms with Crippen molar-refractivity contribution in [3.05, 3.63) is 0 Å². The highest BCUT2D eigenvalue weighted by atomic mass is 16.2. The van der Waals surface area contributed by atoms with Crippen molar-refractivity contribution in [3.63, 3.8) is 0 Å². The highest BCUT2D eigenvalue weighted by Gasteiger charge is 2.22. The van der Waals surface area contributed by atoms with Gasteiger partial charge in [-0.25, -0.2) is 9.80 Å². The molecule has 0 aromatic heterocycles. The topological polar surface area (TPSA) is 52.7 Å². The van der Waals surface area contributed by atoms with E-state index in [0.29, 0.717) is 13.1 Å². The Morgan fingerprint density at radius 3 is 2.83 bits per heavy atom. The molecule has 0 saturated carbocycles. The van der Waals surface area contributed by atoms with Gasteiger partial charge in [0.15, 0.2) is 0 Å². The fourth-order valence-electron chi connectivity index (χ4n) is 1.07. The number of rotatable bonds is 1. The minimum Gasteiger partial charge on any atom is -0.336 e. The maximum atomic E-state index is 11.2. The number of hydrazine groups is 1. The Bertz CT molecular complexity index is 205. The van der Waals surface area contributed by atoms with E-state index in [2.05, 4.69) is 5.32 Å². The van der Waals surface area contributed by atoms with E-state index in [1.807, 2.05) is 0 Å². The van der Waals surface area contributed by atoms with Gasteiger partial charge in [-0.1, -0.05) is 0 Å². The van der Waals surface area contributed by atoms with Crippen LogP contribution in [0.2, 0.25) is 0 Å². The average molecular weight is 171 g/mol. The molecule has 1 rings (SSSR count). The van der Waals surface area contributed by atoms with Crippen LogP contribution in [0.4, 0.5) is 4.79 Å². The van der Waals surface area contributed by atoms with Gasteiger partial charge in [-0.15, -0.1) is 0 Å². The molecule has 0 aliphatic carbocycles. The molecule has 5 nitrogen and oxygen atoms in total. The van der Waals surface area contributed by atoms with E-state index >= 15 is 0 Å². The van der Waals surface area contributed by atoms with Crippen LogP contribution in [0.5, 0.6) is 0 Å². The first-order valence-electron chi connectivity index (χ1n) is 3.92. The predicted octanol–water partition coefficient (Wildman–Crippen LogP) is -0.205. The van der Waals surface area contributed by atoms with Crippen molar-refractivity contribution in [2.24, 2.45) is 0 Å². The standard InChI is InChI=1S/C7H13N3O2/c1-6(11)9(2)10-5-3-4-8-7(10)12/h3-5H2,1-2H3,(H,8,12). The zero-order chi connectivity index (χ0) is 9.14. The number of nitrogens with one attached hydrogen (secondary N) is 1. The zero-order valence-electron chi connectivity index (χ0n) is 7.33. The SMILES string of the molecule is CC(=O)N(C)N1CCCNC1=O. The number of carbonyl (C=O) groups is 2. The molecule has 0 radical (unpaired) electrons. The third-order valence-corrected chi connectivity index (χ3v) is 1.88. The van der Waals surface area contributed by atoms with Crippen LogP contribution in [0.1, 0.15) is 13.3 Å². The summed E-state index contributed by atoms with van der Waals surface area (Å²) in [6.45, 7) is 2.74. The first kappa shape index (κ1) is 8.83. The van der Waals surface area contributed by atoms with Gasteiger partial charge in [-0.05, 0) is 6.42 Å². The van der Waals surface area contributed by atoms with E-state index in [-0.39, 0.29) is 11.9 Å². The Morgan fingerprint density at radius 2 is 2.33 bits per heavy atom. The van der Waals surface area contributed by atoms with Crippen molar-refractivity contribution in [1.29, 1.82) is 0 Å². The lowest BCUT2D eigenvalue weighted by Crippen LogP contribution is -2.54. The number of hydrogen-bond acceptors (Lipinski definition) is 2. The summed E-state index contributed by atoms with van der Waals surface area (Å²) in [4.78, 5) is 22.1. The Labute approximate surface area is 71.3 Å². The fraction of sp³-hybridized carbons (Fsp3) is 0.714. The van der Waals surface area contributed by atoms with Crippen LogP contribution < -0.4 is 5.32 Å². The van der Waals surface area contributed by atoms with Crippen LogP contribution in [0.25, 0.3) is 0 Å². The van der Waals surface area contributed by atoms with Crippen LogP contribution >= 0.6 is 0 Å². The molecule has 1 saturated heterocycles. The third-order valence-electron chi connectivity index (χ3n) is 1.88. The van der Waals surface area contributed by atoms with Crippen molar-refractivity contribution in [2.75, 3.05) is 20.1 Å². The van der Waals surface area contributed by atoms with Gasteiger partial charge in [0.2, 0.25) is 5.91 Å². The zero-order valence-corrected chi connectivity index (χ0v) is 7.33. The first-order valence-corrected chi connectivity index (χ1v) is 3.92. The Kier molecular flexibility index (Phi) is 2.52. The highest BCUT2D eigenvalue weighted by Crippen LogP contribution is 2.02. The molecule has 0 aromatic rings. The quantitative estimate of drug-likeness (QED) is 0.593. The monoisotopic (exact) mass is 171 g/mol. The number of hydrogen-bond donors (Lipinski definition) is 1. The molecule has 3 amide bonds. The largest absolute Gasteiger partial charge is 0.336 e. The van der Waals surface area contributed by atoms with Gasteiger partial charge in [0.25, 0.3) is 0 Å². The molecule has 0 unspecified atom stereocenters. The number of nitrogens with zero attached hydrogens (tertiary/aromatic N) is 2. The molecular weight excluding hydrogens is 158 g/mol. The van der Waals surface area contributed by atoms with Crippen LogP contribution in [0, 0.1) is 0 Å². The Hall–Kier alpha value is -1.26. The summed E-state index contributed by atoms with van der Waals surface area (Å²) in [5.41, 5.74) is 0. The molecule has 1 heterocycles. The van der Waals surface area contributed by atoms with Gasteiger partial charge >= 0.3 is 6.03 Å². The van der Waals surface area contributed by atoms with Crippen molar-refractivity contribution in [1.82, 2.24) is 15.3 Å². The van der Waals surface area contributed by atoms with Crippen LogP contribution in [0.15, 0.2) is 0 Å². The van der Waals surface area contributed by atoms with Gasteiger partial charge in [-0.3, -0.25) is 9.80 Å². The predicted molar refractivity (Wildman–Crippen MR) is 43.2 cm³/mol. The number of urea groups is 1. The second kappa shape index (κ2) is 3.42. The van der Waals surface area contributed by atoms with Gasteiger partial charge in [0.1, 0.15) is 0 Å². The maximum absolute atomic E-state index is 11.2. The fourth-order valence-corrected chi connectivity index (χ4v) is 1.07. The van der Waals surface area contributed by atoms with E-state index in [0.717, 1.165) is 6.42 Å². The highest BCUT2D eigenvalue weighted by molar-refractivity contribution is 5.80. The van der Waals surface area contributed by atoms with Crippen LogP contribution in [0.3, 0.4) is 0 Å². The van der Waals surface area contributed by atoms with Crippen molar-refractivity contribution < 1.29 is 9.59 Å². The van der Waals surface area contributed by atoms with E-state index in [4.69, 9.17) is 0 Å². The lowest BCUT2D eigenvalue weighted by atomic mass is 10.3. The van der Waals surface area contributed by atoms with Crippen molar-refractivity contribution in [2.45, 2.75) is 13.3 Å². The van der Waals surface area contributed by atoms with Crippen LogP contribution in [-0.4, -0.2) is 42.1 Å². The van der Waals surface area contributed by atoms with Crippen molar-refractivity contribution in [3.8, 4) is 0 Å². The second-order valence-electron chi connectivity index (χ2n) is 2.75. The van der Waals surface area contributed by atoms with E-state index in [1.54, 1.807) is 7.05 Å². The van der Waals surface area contributed by atoms with Crippen molar-refractivity contribution >= 4 is 11.9 Å². The molecule has 0 aromatic carbocycles. The molecule has 1 N–H and O–H groups in total. The Balaban J connectivity index is 2.59. The number of amides is 3. The summed E-state index contributed by atoms with van der Waals surface area (Å²) in [5, 5.41) is 5.40. The molecule has 1 fully saturated rings. The van der Waals surface area contributed by atoms with Gasteiger partial charge < -0.3 is 5.32 Å². The molecule has 0 atom stereocenters. The summed E-state index contributed by atoms with van der Waals surface area (Å²) < 4.78 is 0. The molecule has 1 aliphatic heterocycles. The lowest BCUT2D eigenvalue weighted by molar-refractivity contribution is -0.139. The van der Waals surface area contributed by atoms with E-state index in [1.165, 1.54) is 16.9 Å². The molecular formula is C7H13N3O2. The summed E-state index contributed by atoms with van der Waals surface area (Å²) in [5.74, 6) is -0.132. The average Bonchev–Trinajstić information content (AvgIpc) is 2.04. The smallest absolute Gasteiger partial charge is 0.336 e. The second-order valence-corrected chi connectivity index (χ2v) is 2.75. The van der Waals surface area contributed by atoms with Gasteiger partial charge in [0, 0.05) is 27.1 Å². The summed E-state index contributed by atoms with van der Waals surface area (Å²) in [6, 6.07) is -0.195. The summed E-state index contributed by atoms with van der Waals surface area (Å²) >= 11 is 0. The lowest BCUT2D eigenvalue weighted by Gasteiger charge is -2.33. The molecule has 1 aliphatic rings. The van der Waals surface area contributed by atoms with Gasteiger partial charge in [-0.2, -0.15) is 0 Å². The summed E-state index contributed by atoms with van der Waals surface area (Å²) in [7, 11) is 1.59. The minimum absolute atomic E-state index is 0.132. The van der Waals surface area contributed by atoms with E-state index in [9.17, 15) is 9.59 Å². The number of carbonyl (C=O) groups excluding carboxylic acids is 2. The van der Waals surface area contributed by atoms with E-state index < -0.39 is 0 Å². The van der Waals surface area contributed by atoms with Gasteiger partial charge in [0.05, 0.1) is 0 Å². The molecule has 5 heteroatoms. The third kappa shape index (κ3) is 1.66.